The monoisotopic (exact) mass is 467 g/mol. The average molecular weight is 468 g/mol. The molecule has 1 aromatic rings. The number of nitrogens with zero attached hydrogens (tertiary/aromatic N) is 4. The van der Waals surface area contributed by atoms with E-state index in [-0.39, 0.29) is 24.2 Å². The maximum atomic E-state index is 12.4. The van der Waals surface area contributed by atoms with Crippen molar-refractivity contribution in [3.8, 4) is 0 Å². The van der Waals surface area contributed by atoms with E-state index in [0.717, 1.165) is 35.7 Å². The molecule has 1 aromatic heterocycles. The molecule has 2 saturated carbocycles. The van der Waals surface area contributed by atoms with Crippen molar-refractivity contribution in [2.75, 3.05) is 27.8 Å². The van der Waals surface area contributed by atoms with E-state index in [1.54, 1.807) is 17.3 Å². The standard InChI is InChI=1S/C21H33N5O5S/c1-14-9-17(24-32(28,29)25(2)3)18(26(14)20(27)30-4)13-31-16-5-6-21(11-15(21)10-16)19-12-22-7-8-23-19/h7-8,12,14-18,24H,5-6,9-11,13H2,1-4H3/t14-,15?,16?,17+,18+,21?/m1/s1. The molecular formula is C21H33N5O5S. The van der Waals surface area contributed by atoms with Crippen molar-refractivity contribution in [2.45, 2.75) is 68.7 Å². The zero-order valence-electron chi connectivity index (χ0n) is 19.1. The Morgan fingerprint density at radius 1 is 1.34 bits per heavy atom. The molecular weight excluding hydrogens is 434 g/mol. The van der Waals surface area contributed by atoms with E-state index in [1.165, 1.54) is 21.2 Å². The minimum Gasteiger partial charge on any atom is -0.453 e. The molecule has 6 atom stereocenters. The van der Waals surface area contributed by atoms with Gasteiger partial charge in [0, 0.05) is 50.2 Å². The van der Waals surface area contributed by atoms with Crippen LogP contribution in [0.5, 0.6) is 0 Å². The topological polar surface area (TPSA) is 114 Å². The predicted octanol–water partition coefficient (Wildman–Crippen LogP) is 1.30. The minimum atomic E-state index is -3.64. The number of hydrogen-bond donors (Lipinski definition) is 1. The number of aromatic nitrogens is 2. The zero-order valence-corrected chi connectivity index (χ0v) is 19.9. The summed E-state index contributed by atoms with van der Waals surface area (Å²) in [7, 11) is 0.651. The van der Waals surface area contributed by atoms with Gasteiger partial charge in [-0.15, -0.1) is 0 Å². The van der Waals surface area contributed by atoms with Crippen LogP contribution in [0.4, 0.5) is 4.79 Å². The fraction of sp³-hybridized carbons (Fsp3) is 0.762. The number of rotatable bonds is 7. The van der Waals surface area contributed by atoms with Gasteiger partial charge in [-0.3, -0.25) is 14.9 Å². The fourth-order valence-corrected chi connectivity index (χ4v) is 6.28. The molecule has 3 unspecified atom stereocenters. The van der Waals surface area contributed by atoms with Gasteiger partial charge in [0.25, 0.3) is 10.2 Å². The number of nitrogens with one attached hydrogen (secondary N) is 1. The van der Waals surface area contributed by atoms with Crippen LogP contribution in [0, 0.1) is 5.92 Å². The summed E-state index contributed by atoms with van der Waals surface area (Å²) in [6.07, 6.45) is 9.37. The summed E-state index contributed by atoms with van der Waals surface area (Å²) in [6.45, 7) is 2.16. The molecule has 2 heterocycles. The SMILES string of the molecule is COC(=O)N1[C@H](C)C[C@H](NS(=O)(=O)N(C)C)[C@@H]1COC1CCC2(c3cnccn3)CC2C1. The van der Waals surface area contributed by atoms with Crippen LogP contribution in [0.2, 0.25) is 0 Å². The van der Waals surface area contributed by atoms with Crippen LogP contribution in [0.3, 0.4) is 0 Å². The number of carbonyl (C=O) groups excluding carboxylic acids is 1. The van der Waals surface area contributed by atoms with E-state index < -0.39 is 28.4 Å². The van der Waals surface area contributed by atoms with Gasteiger partial charge in [0.15, 0.2) is 0 Å². The Kier molecular flexibility index (Phi) is 6.45. The first-order chi connectivity index (χ1) is 15.2. The van der Waals surface area contributed by atoms with Gasteiger partial charge in [-0.25, -0.2) is 4.79 Å². The molecule has 0 aromatic carbocycles. The largest absolute Gasteiger partial charge is 0.453 e. The first kappa shape index (κ1) is 23.3. The molecule has 1 saturated heterocycles. The van der Waals surface area contributed by atoms with E-state index in [2.05, 4.69) is 14.7 Å². The first-order valence-electron chi connectivity index (χ1n) is 11.1. The summed E-state index contributed by atoms with van der Waals surface area (Å²) < 4.78 is 40.0. The highest BCUT2D eigenvalue weighted by Crippen LogP contribution is 2.62. The lowest BCUT2D eigenvalue weighted by Gasteiger charge is -2.33. The van der Waals surface area contributed by atoms with Crippen LogP contribution in [-0.4, -0.2) is 85.7 Å². The van der Waals surface area contributed by atoms with Crippen molar-refractivity contribution >= 4 is 16.3 Å². The lowest BCUT2D eigenvalue weighted by Crippen LogP contribution is -2.52. The van der Waals surface area contributed by atoms with Crippen molar-refractivity contribution in [3.05, 3.63) is 24.3 Å². The quantitative estimate of drug-likeness (QED) is 0.643. The van der Waals surface area contributed by atoms with Crippen LogP contribution in [0.1, 0.15) is 44.7 Å². The summed E-state index contributed by atoms with van der Waals surface area (Å²) in [6, 6.07) is -1.04. The second-order valence-electron chi connectivity index (χ2n) is 9.42. The second-order valence-corrected chi connectivity index (χ2v) is 11.3. The van der Waals surface area contributed by atoms with E-state index in [4.69, 9.17) is 9.47 Å². The third-order valence-corrected chi connectivity index (χ3v) is 8.89. The molecule has 0 radical (unpaired) electrons. The van der Waals surface area contributed by atoms with Gasteiger partial charge >= 0.3 is 6.09 Å². The van der Waals surface area contributed by atoms with E-state index in [9.17, 15) is 13.2 Å². The van der Waals surface area contributed by atoms with E-state index in [1.807, 2.05) is 13.1 Å². The summed E-state index contributed by atoms with van der Waals surface area (Å²) in [5, 5.41) is 0. The van der Waals surface area contributed by atoms with Gasteiger partial charge in [0.05, 0.1) is 31.6 Å². The minimum absolute atomic E-state index is 0.0776. The van der Waals surface area contributed by atoms with Crippen molar-refractivity contribution in [1.82, 2.24) is 23.9 Å². The van der Waals surface area contributed by atoms with E-state index in [0.29, 0.717) is 12.3 Å². The molecule has 178 valence electrons. The third kappa shape index (κ3) is 4.35. The number of methoxy groups -OCH3 is 1. The number of amides is 1. The highest BCUT2D eigenvalue weighted by molar-refractivity contribution is 7.87. The highest BCUT2D eigenvalue weighted by atomic mass is 32.2. The van der Waals surface area contributed by atoms with Gasteiger partial charge in [-0.1, -0.05) is 0 Å². The molecule has 32 heavy (non-hydrogen) atoms. The maximum absolute atomic E-state index is 12.4. The molecule has 0 bridgehead atoms. The van der Waals surface area contributed by atoms with Crippen LogP contribution in [-0.2, 0) is 25.1 Å². The number of hydrogen-bond acceptors (Lipinski definition) is 7. The molecule has 1 aliphatic heterocycles. The Labute approximate surface area is 189 Å². The fourth-order valence-electron chi connectivity index (χ4n) is 5.43. The highest BCUT2D eigenvalue weighted by Gasteiger charge is 2.59. The van der Waals surface area contributed by atoms with Crippen LogP contribution < -0.4 is 4.72 Å². The Bertz CT molecular complexity index is 930. The predicted molar refractivity (Wildman–Crippen MR) is 117 cm³/mol. The van der Waals surface area contributed by atoms with Gasteiger partial charge in [0.2, 0.25) is 0 Å². The number of carbonyl (C=O) groups is 1. The molecule has 3 fully saturated rings. The lowest BCUT2D eigenvalue weighted by molar-refractivity contribution is -0.0101. The Balaban J connectivity index is 1.41. The molecule has 0 spiro atoms. The summed E-state index contributed by atoms with van der Waals surface area (Å²) in [4.78, 5) is 22.8. The van der Waals surface area contributed by atoms with Crippen molar-refractivity contribution < 1.29 is 22.7 Å². The van der Waals surface area contributed by atoms with Gasteiger partial charge in [-0.2, -0.15) is 17.4 Å². The molecule has 10 nitrogen and oxygen atoms in total. The summed E-state index contributed by atoms with van der Waals surface area (Å²) >= 11 is 0. The lowest BCUT2D eigenvalue weighted by atomic mass is 9.84. The Morgan fingerprint density at radius 3 is 2.75 bits per heavy atom. The average Bonchev–Trinajstić information content (AvgIpc) is 3.43. The molecule has 2 aliphatic carbocycles. The van der Waals surface area contributed by atoms with Crippen LogP contribution >= 0.6 is 0 Å². The maximum Gasteiger partial charge on any atom is 0.410 e. The number of fused-ring (bicyclic) bond motifs is 1. The van der Waals surface area contributed by atoms with Crippen LogP contribution in [0.25, 0.3) is 0 Å². The van der Waals surface area contributed by atoms with Gasteiger partial charge < -0.3 is 9.47 Å². The Hall–Kier alpha value is -1.82. The van der Waals surface area contributed by atoms with Crippen molar-refractivity contribution in [2.24, 2.45) is 5.92 Å². The first-order valence-corrected chi connectivity index (χ1v) is 12.6. The zero-order chi connectivity index (χ0) is 23.1. The Morgan fingerprint density at radius 2 is 2.12 bits per heavy atom. The smallest absolute Gasteiger partial charge is 0.410 e. The molecule has 3 aliphatic rings. The molecule has 4 rings (SSSR count). The number of likely N-dealkylation sites (tertiary alicyclic amines) is 1. The van der Waals surface area contributed by atoms with Crippen molar-refractivity contribution in [1.29, 1.82) is 0 Å². The van der Waals surface area contributed by atoms with E-state index >= 15 is 0 Å². The summed E-state index contributed by atoms with van der Waals surface area (Å²) in [5.41, 5.74) is 1.21. The third-order valence-electron chi connectivity index (χ3n) is 7.33. The van der Waals surface area contributed by atoms with Gasteiger partial charge in [0.1, 0.15) is 0 Å². The number of ether oxygens (including phenoxy) is 2. The summed E-state index contributed by atoms with van der Waals surface area (Å²) in [5.74, 6) is 0.528. The van der Waals surface area contributed by atoms with Gasteiger partial charge in [-0.05, 0) is 44.9 Å². The second kappa shape index (κ2) is 8.85. The molecule has 11 heteroatoms. The normalized spacial score (nSPS) is 34.4. The van der Waals surface area contributed by atoms with Crippen molar-refractivity contribution in [3.63, 3.8) is 0 Å². The van der Waals surface area contributed by atoms with Crippen LogP contribution in [0.15, 0.2) is 18.6 Å². The molecule has 1 N–H and O–H groups in total. The molecule has 1 amide bonds.